The zero-order valence-corrected chi connectivity index (χ0v) is 17.1. The van der Waals surface area contributed by atoms with Gasteiger partial charge >= 0.3 is 0 Å². The van der Waals surface area contributed by atoms with Crippen LogP contribution in [0.15, 0.2) is 34.2 Å². The lowest BCUT2D eigenvalue weighted by Crippen LogP contribution is -2.25. The number of aryl methyl sites for hydroxylation is 2. The smallest absolute Gasteiger partial charge is 0.263 e. The Balaban J connectivity index is 1.70. The molecule has 0 atom stereocenters. The molecule has 2 heterocycles. The lowest BCUT2D eigenvalue weighted by Gasteiger charge is -2.12. The third-order valence-electron chi connectivity index (χ3n) is 4.81. The Kier molecular flexibility index (Phi) is 5.52. The van der Waals surface area contributed by atoms with Crippen LogP contribution in [0.25, 0.3) is 10.2 Å². The highest BCUT2D eigenvalue weighted by molar-refractivity contribution is 7.98. The normalized spacial score (nSPS) is 13.3. The van der Waals surface area contributed by atoms with Crippen LogP contribution >= 0.6 is 23.1 Å². The maximum absolute atomic E-state index is 13.2. The van der Waals surface area contributed by atoms with Crippen molar-refractivity contribution in [2.75, 3.05) is 20.8 Å². The van der Waals surface area contributed by atoms with Gasteiger partial charge in [0.25, 0.3) is 5.56 Å². The fourth-order valence-electron chi connectivity index (χ4n) is 3.46. The second-order valence-corrected chi connectivity index (χ2v) is 8.55. The average molecular weight is 403 g/mol. The summed E-state index contributed by atoms with van der Waals surface area (Å²) < 4.78 is 12.3. The first kappa shape index (κ1) is 18.5. The first-order chi connectivity index (χ1) is 13.2. The largest absolute Gasteiger partial charge is 0.497 e. The highest BCUT2D eigenvalue weighted by Gasteiger charge is 2.23. The Morgan fingerprint density at radius 2 is 2.19 bits per heavy atom. The fraction of sp³-hybridized carbons (Fsp3) is 0.400. The van der Waals surface area contributed by atoms with Crippen LogP contribution in [0.3, 0.4) is 0 Å². The molecule has 0 saturated carbocycles. The van der Waals surface area contributed by atoms with Gasteiger partial charge in [0.2, 0.25) is 0 Å². The SMILES string of the molecule is COCCn1c(SCc2cccc(OC)c2)nc2sc3c(c2c1=O)CCC3. The number of hydrogen-bond donors (Lipinski definition) is 0. The van der Waals surface area contributed by atoms with Gasteiger partial charge in [-0.1, -0.05) is 23.9 Å². The highest BCUT2D eigenvalue weighted by atomic mass is 32.2. The van der Waals surface area contributed by atoms with E-state index < -0.39 is 0 Å². The van der Waals surface area contributed by atoms with E-state index in [1.807, 2.05) is 18.2 Å². The van der Waals surface area contributed by atoms with E-state index in [0.29, 0.717) is 13.2 Å². The molecular formula is C20H22N2O3S2. The van der Waals surface area contributed by atoms with Crippen LogP contribution in [0, 0.1) is 0 Å². The van der Waals surface area contributed by atoms with Crippen LogP contribution in [0.5, 0.6) is 5.75 Å². The van der Waals surface area contributed by atoms with Crippen LogP contribution in [-0.2, 0) is 29.9 Å². The number of methoxy groups -OCH3 is 2. The molecule has 7 heteroatoms. The van der Waals surface area contributed by atoms with Gasteiger partial charge in [0.1, 0.15) is 10.6 Å². The van der Waals surface area contributed by atoms with Crippen molar-refractivity contribution in [3.8, 4) is 5.75 Å². The summed E-state index contributed by atoms with van der Waals surface area (Å²) >= 11 is 3.27. The molecule has 0 fully saturated rings. The number of thiophene rings is 1. The molecule has 0 amide bonds. The standard InChI is InChI=1S/C20H22N2O3S2/c1-24-10-9-22-19(23)17-15-7-4-8-16(15)27-18(17)21-20(22)26-12-13-5-3-6-14(11-13)25-2/h3,5-6,11H,4,7-10,12H2,1-2H3. The Morgan fingerprint density at radius 1 is 1.30 bits per heavy atom. The monoisotopic (exact) mass is 402 g/mol. The second-order valence-electron chi connectivity index (χ2n) is 6.52. The molecule has 0 bridgehead atoms. The van der Waals surface area contributed by atoms with E-state index in [9.17, 15) is 4.79 Å². The summed E-state index contributed by atoms with van der Waals surface area (Å²) in [6.45, 7) is 1.01. The van der Waals surface area contributed by atoms with Crippen molar-refractivity contribution < 1.29 is 9.47 Å². The van der Waals surface area contributed by atoms with E-state index in [2.05, 4.69) is 6.07 Å². The molecule has 27 heavy (non-hydrogen) atoms. The first-order valence-corrected chi connectivity index (χ1v) is 10.8. The zero-order valence-electron chi connectivity index (χ0n) is 15.5. The van der Waals surface area contributed by atoms with Gasteiger partial charge in [0.05, 0.1) is 25.6 Å². The van der Waals surface area contributed by atoms with Crippen molar-refractivity contribution in [1.29, 1.82) is 0 Å². The number of nitrogens with zero attached hydrogens (tertiary/aromatic N) is 2. The lowest BCUT2D eigenvalue weighted by molar-refractivity contribution is 0.183. The van der Waals surface area contributed by atoms with Gasteiger partial charge in [0.15, 0.2) is 5.16 Å². The van der Waals surface area contributed by atoms with Crippen molar-refractivity contribution in [2.24, 2.45) is 0 Å². The number of rotatable bonds is 7. The van der Waals surface area contributed by atoms with Gasteiger partial charge in [-0.2, -0.15) is 0 Å². The number of ether oxygens (including phenoxy) is 2. The molecule has 0 saturated heterocycles. The van der Waals surface area contributed by atoms with Crippen molar-refractivity contribution >= 4 is 33.3 Å². The molecule has 0 radical (unpaired) electrons. The van der Waals surface area contributed by atoms with Crippen LogP contribution < -0.4 is 10.3 Å². The Labute approximate surface area is 166 Å². The van der Waals surface area contributed by atoms with Gasteiger partial charge in [-0.25, -0.2) is 4.98 Å². The van der Waals surface area contributed by atoms with Gasteiger partial charge in [-0.3, -0.25) is 9.36 Å². The molecule has 0 spiro atoms. The Morgan fingerprint density at radius 3 is 3.00 bits per heavy atom. The van der Waals surface area contributed by atoms with E-state index in [1.165, 1.54) is 10.4 Å². The van der Waals surface area contributed by atoms with Crippen LogP contribution in [0.2, 0.25) is 0 Å². The lowest BCUT2D eigenvalue weighted by atomic mass is 10.2. The van der Waals surface area contributed by atoms with Gasteiger partial charge < -0.3 is 9.47 Å². The molecule has 1 aliphatic carbocycles. The van der Waals surface area contributed by atoms with Gasteiger partial charge in [0, 0.05) is 17.7 Å². The quantitative estimate of drug-likeness (QED) is 0.443. The molecule has 5 nitrogen and oxygen atoms in total. The van der Waals surface area contributed by atoms with Crippen molar-refractivity contribution in [1.82, 2.24) is 9.55 Å². The van der Waals surface area contributed by atoms with E-state index in [4.69, 9.17) is 14.5 Å². The molecule has 142 valence electrons. The Bertz CT molecular complexity index is 1030. The highest BCUT2D eigenvalue weighted by Crippen LogP contribution is 2.36. The Hall–Kier alpha value is -1.83. The maximum Gasteiger partial charge on any atom is 0.263 e. The van der Waals surface area contributed by atoms with E-state index >= 15 is 0 Å². The number of fused-ring (bicyclic) bond motifs is 3. The summed E-state index contributed by atoms with van der Waals surface area (Å²) in [7, 11) is 3.32. The second kappa shape index (κ2) is 8.04. The van der Waals surface area contributed by atoms with Crippen molar-refractivity contribution in [3.63, 3.8) is 0 Å². The molecule has 4 rings (SSSR count). The average Bonchev–Trinajstić information content (AvgIpc) is 3.26. The predicted octanol–water partition coefficient (Wildman–Crippen LogP) is 3.89. The summed E-state index contributed by atoms with van der Waals surface area (Å²) in [4.78, 5) is 20.3. The van der Waals surface area contributed by atoms with Gasteiger partial charge in [-0.15, -0.1) is 11.3 Å². The number of hydrogen-bond acceptors (Lipinski definition) is 6. The number of benzene rings is 1. The predicted molar refractivity (Wildman–Crippen MR) is 110 cm³/mol. The topological polar surface area (TPSA) is 53.4 Å². The van der Waals surface area contributed by atoms with E-state index in [-0.39, 0.29) is 5.56 Å². The minimum absolute atomic E-state index is 0.0737. The summed E-state index contributed by atoms with van der Waals surface area (Å²) in [5, 5.41) is 1.58. The van der Waals surface area contributed by atoms with E-state index in [0.717, 1.165) is 51.7 Å². The van der Waals surface area contributed by atoms with Gasteiger partial charge in [-0.05, 0) is 42.5 Å². The summed E-state index contributed by atoms with van der Waals surface area (Å²) in [5.74, 6) is 1.57. The van der Waals surface area contributed by atoms with Crippen LogP contribution in [-0.4, -0.2) is 30.4 Å². The van der Waals surface area contributed by atoms with Crippen molar-refractivity contribution in [3.05, 3.63) is 50.6 Å². The molecule has 0 N–H and O–H groups in total. The maximum atomic E-state index is 13.2. The van der Waals surface area contributed by atoms with Crippen molar-refractivity contribution in [2.45, 2.75) is 36.7 Å². The molecule has 2 aromatic heterocycles. The molecule has 1 aliphatic rings. The van der Waals surface area contributed by atoms with Crippen LogP contribution in [0.1, 0.15) is 22.4 Å². The molecule has 0 unspecified atom stereocenters. The summed E-state index contributed by atoms with van der Waals surface area (Å²) in [6.07, 6.45) is 3.20. The molecule has 3 aromatic rings. The number of thioether (sulfide) groups is 1. The fourth-order valence-corrected chi connectivity index (χ4v) is 5.73. The van der Waals surface area contributed by atoms with Crippen LogP contribution in [0.4, 0.5) is 0 Å². The molecule has 0 aliphatic heterocycles. The minimum Gasteiger partial charge on any atom is -0.497 e. The number of aromatic nitrogens is 2. The molecular weight excluding hydrogens is 380 g/mol. The third-order valence-corrected chi connectivity index (χ3v) is 7.04. The van der Waals surface area contributed by atoms with E-state index in [1.54, 1.807) is 41.9 Å². The summed E-state index contributed by atoms with van der Waals surface area (Å²) in [6, 6.07) is 7.99. The minimum atomic E-state index is 0.0737. The first-order valence-electron chi connectivity index (χ1n) is 9.01. The summed E-state index contributed by atoms with van der Waals surface area (Å²) in [5.41, 5.74) is 2.44. The zero-order chi connectivity index (χ0) is 18.8. The molecule has 1 aromatic carbocycles. The third kappa shape index (κ3) is 3.63.